The van der Waals surface area contributed by atoms with Crippen molar-refractivity contribution in [3.63, 3.8) is 0 Å². The van der Waals surface area contributed by atoms with Gasteiger partial charge in [-0.25, -0.2) is 0 Å². The van der Waals surface area contributed by atoms with Crippen molar-refractivity contribution in [1.82, 2.24) is 9.97 Å². The second-order valence-corrected chi connectivity index (χ2v) is 14.8. The summed E-state index contributed by atoms with van der Waals surface area (Å²) in [7, 11) is 0. The van der Waals surface area contributed by atoms with E-state index < -0.39 is 0 Å². The average Bonchev–Trinajstić information content (AvgIpc) is 3.32. The van der Waals surface area contributed by atoms with Crippen LogP contribution >= 0.6 is 11.3 Å². The molecule has 0 atom stereocenters. The third-order valence-electron chi connectivity index (χ3n) is 8.35. The van der Waals surface area contributed by atoms with Crippen LogP contribution < -0.4 is 0 Å². The van der Waals surface area contributed by atoms with E-state index >= 15 is 0 Å². The van der Waals surface area contributed by atoms with Gasteiger partial charge in [-0.15, -0.1) is 11.3 Å². The minimum atomic E-state index is -0.122. The zero-order valence-corrected chi connectivity index (χ0v) is 26.2. The standard InChI is InChI=1S/C37H40N2S/c1-21(2)15-31-23(4)27-13-12-24(18-32(27)40-31)28-19-30(39-35-33(28)22(3)20-37(35,8)9)26-16-25-11-10-14-38-34(25)29(17-26)36(5,6)7/h10-14,16-21H,15H2,1-9H3. The fourth-order valence-corrected chi connectivity index (χ4v) is 7.85. The quantitative estimate of drug-likeness (QED) is 0.225. The van der Waals surface area contributed by atoms with E-state index in [1.807, 2.05) is 23.6 Å². The van der Waals surface area contributed by atoms with Crippen LogP contribution in [0.1, 0.15) is 82.7 Å². The largest absolute Gasteiger partial charge is 0.256 e. The molecule has 2 aromatic carbocycles. The molecule has 40 heavy (non-hydrogen) atoms. The lowest BCUT2D eigenvalue weighted by atomic mass is 9.83. The molecular formula is C37H40N2S. The molecule has 0 saturated heterocycles. The van der Waals surface area contributed by atoms with Crippen LogP contribution in [-0.2, 0) is 17.3 Å². The number of benzene rings is 2. The van der Waals surface area contributed by atoms with Crippen molar-refractivity contribution in [3.05, 3.63) is 88.1 Å². The monoisotopic (exact) mass is 544 g/mol. The molecule has 0 aliphatic heterocycles. The average molecular weight is 545 g/mol. The molecule has 3 heteroatoms. The maximum Gasteiger partial charge on any atom is 0.0739 e. The minimum absolute atomic E-state index is 0.0324. The Morgan fingerprint density at radius 1 is 0.950 bits per heavy atom. The molecule has 6 rings (SSSR count). The molecule has 0 N–H and O–H groups in total. The van der Waals surface area contributed by atoms with Gasteiger partial charge < -0.3 is 0 Å². The number of allylic oxidation sites excluding steroid dienone is 2. The smallest absolute Gasteiger partial charge is 0.0739 e. The summed E-state index contributed by atoms with van der Waals surface area (Å²) in [6, 6.07) is 18.2. The topological polar surface area (TPSA) is 25.8 Å². The molecule has 3 heterocycles. The van der Waals surface area contributed by atoms with Crippen LogP contribution in [0.2, 0.25) is 0 Å². The minimum Gasteiger partial charge on any atom is -0.256 e. The molecule has 0 unspecified atom stereocenters. The van der Waals surface area contributed by atoms with E-state index in [-0.39, 0.29) is 10.8 Å². The van der Waals surface area contributed by atoms with Crippen molar-refractivity contribution in [3.8, 4) is 22.4 Å². The Morgan fingerprint density at radius 2 is 1.73 bits per heavy atom. The molecule has 1 aliphatic rings. The Hall–Kier alpha value is -3.30. The van der Waals surface area contributed by atoms with Crippen molar-refractivity contribution in [2.45, 2.75) is 79.6 Å². The lowest BCUT2D eigenvalue weighted by Gasteiger charge is -2.23. The molecular weight excluding hydrogens is 504 g/mol. The van der Waals surface area contributed by atoms with Gasteiger partial charge in [-0.05, 0) is 95.1 Å². The van der Waals surface area contributed by atoms with E-state index in [0.29, 0.717) is 5.92 Å². The Bertz CT molecular complexity index is 1830. The Balaban J connectivity index is 1.60. The molecule has 0 spiro atoms. The van der Waals surface area contributed by atoms with Crippen molar-refractivity contribution in [2.75, 3.05) is 0 Å². The number of hydrogen-bond donors (Lipinski definition) is 0. The first-order valence-electron chi connectivity index (χ1n) is 14.5. The van der Waals surface area contributed by atoms with Crippen LogP contribution in [0.3, 0.4) is 0 Å². The highest BCUT2D eigenvalue weighted by molar-refractivity contribution is 7.19. The fraction of sp³-hybridized carbons (Fsp3) is 0.351. The summed E-state index contributed by atoms with van der Waals surface area (Å²) in [5.41, 5.74) is 12.1. The van der Waals surface area contributed by atoms with E-state index in [2.05, 4.69) is 111 Å². The number of rotatable bonds is 4. The predicted octanol–water partition coefficient (Wildman–Crippen LogP) is 10.7. The number of aryl methyl sites for hydroxylation is 1. The highest BCUT2D eigenvalue weighted by atomic mass is 32.1. The molecule has 1 aliphatic carbocycles. The maximum atomic E-state index is 5.39. The number of aromatic nitrogens is 2. The van der Waals surface area contributed by atoms with Crippen LogP contribution in [0.5, 0.6) is 0 Å². The van der Waals surface area contributed by atoms with Gasteiger partial charge in [0.25, 0.3) is 0 Å². The van der Waals surface area contributed by atoms with Gasteiger partial charge in [0, 0.05) is 37.7 Å². The first kappa shape index (κ1) is 26.9. The van der Waals surface area contributed by atoms with E-state index in [9.17, 15) is 0 Å². The summed E-state index contributed by atoms with van der Waals surface area (Å²) in [5, 5.41) is 2.55. The van der Waals surface area contributed by atoms with Crippen LogP contribution in [0, 0.1) is 12.8 Å². The fourth-order valence-electron chi connectivity index (χ4n) is 6.39. The summed E-state index contributed by atoms with van der Waals surface area (Å²) in [4.78, 5) is 11.7. The van der Waals surface area contributed by atoms with E-state index in [0.717, 1.165) is 28.6 Å². The van der Waals surface area contributed by atoms with Gasteiger partial charge in [-0.3, -0.25) is 9.97 Å². The maximum absolute atomic E-state index is 5.39. The molecule has 204 valence electrons. The highest BCUT2D eigenvalue weighted by Crippen LogP contribution is 2.46. The number of hydrogen-bond acceptors (Lipinski definition) is 3. The Kier molecular flexibility index (Phi) is 6.31. The molecule has 0 amide bonds. The van der Waals surface area contributed by atoms with Crippen molar-refractivity contribution >= 4 is 37.9 Å². The molecule has 0 saturated carbocycles. The summed E-state index contributed by atoms with van der Waals surface area (Å²) in [5.74, 6) is 0.655. The van der Waals surface area contributed by atoms with Gasteiger partial charge in [-0.1, -0.05) is 72.7 Å². The number of thiophene rings is 1. The summed E-state index contributed by atoms with van der Waals surface area (Å²) in [6.07, 6.45) is 5.42. The lowest BCUT2D eigenvalue weighted by Crippen LogP contribution is -2.15. The van der Waals surface area contributed by atoms with E-state index in [1.165, 1.54) is 54.0 Å². The van der Waals surface area contributed by atoms with Gasteiger partial charge in [0.15, 0.2) is 0 Å². The third-order valence-corrected chi connectivity index (χ3v) is 9.63. The van der Waals surface area contributed by atoms with Gasteiger partial charge >= 0.3 is 0 Å². The molecule has 0 radical (unpaired) electrons. The zero-order chi connectivity index (χ0) is 28.6. The van der Waals surface area contributed by atoms with Crippen LogP contribution in [0.4, 0.5) is 0 Å². The molecule has 3 aromatic heterocycles. The van der Waals surface area contributed by atoms with E-state index in [1.54, 1.807) is 0 Å². The molecule has 0 fully saturated rings. The van der Waals surface area contributed by atoms with Crippen LogP contribution in [0.15, 0.2) is 60.8 Å². The third kappa shape index (κ3) is 4.49. The van der Waals surface area contributed by atoms with Crippen molar-refractivity contribution < 1.29 is 0 Å². The van der Waals surface area contributed by atoms with Crippen molar-refractivity contribution in [2.24, 2.45) is 5.92 Å². The lowest BCUT2D eigenvalue weighted by molar-refractivity contribution is 0.595. The van der Waals surface area contributed by atoms with Crippen molar-refractivity contribution in [1.29, 1.82) is 0 Å². The Morgan fingerprint density at radius 3 is 2.45 bits per heavy atom. The SMILES string of the molecule is CC1=CC(C)(C)c2nc(-c3cc(C(C)(C)C)c4ncccc4c3)cc(-c3ccc4c(C)c(CC(C)C)sc4c3)c21. The molecule has 5 aromatic rings. The normalized spacial score (nSPS) is 14.8. The molecule has 2 nitrogen and oxygen atoms in total. The number of pyridine rings is 2. The highest BCUT2D eigenvalue weighted by Gasteiger charge is 2.33. The second kappa shape index (κ2) is 9.38. The molecule has 0 bridgehead atoms. The van der Waals surface area contributed by atoms with Crippen LogP contribution in [0.25, 0.3) is 48.9 Å². The van der Waals surface area contributed by atoms with Crippen LogP contribution in [-0.4, -0.2) is 9.97 Å². The number of fused-ring (bicyclic) bond motifs is 3. The predicted molar refractivity (Wildman–Crippen MR) is 174 cm³/mol. The van der Waals surface area contributed by atoms with Gasteiger partial charge in [0.1, 0.15) is 0 Å². The number of nitrogens with zero attached hydrogens (tertiary/aromatic N) is 2. The summed E-state index contributed by atoms with van der Waals surface area (Å²) < 4.78 is 1.38. The van der Waals surface area contributed by atoms with Gasteiger partial charge in [-0.2, -0.15) is 0 Å². The van der Waals surface area contributed by atoms with E-state index in [4.69, 9.17) is 9.97 Å². The second-order valence-electron chi connectivity index (χ2n) is 13.6. The Labute approximate surface area is 243 Å². The summed E-state index contributed by atoms with van der Waals surface area (Å²) in [6.45, 7) is 20.5. The van der Waals surface area contributed by atoms with Gasteiger partial charge in [0.2, 0.25) is 0 Å². The van der Waals surface area contributed by atoms with Gasteiger partial charge in [0.05, 0.1) is 16.9 Å². The summed E-state index contributed by atoms with van der Waals surface area (Å²) >= 11 is 1.96. The first-order chi connectivity index (χ1) is 18.8. The zero-order valence-electron chi connectivity index (χ0n) is 25.4. The first-order valence-corrected chi connectivity index (χ1v) is 15.3.